The van der Waals surface area contributed by atoms with Gasteiger partial charge in [0.1, 0.15) is 4.90 Å². The molecular formula is C10H16N4O2S. The van der Waals surface area contributed by atoms with E-state index in [4.69, 9.17) is 0 Å². The fourth-order valence-corrected chi connectivity index (χ4v) is 4.60. The summed E-state index contributed by atoms with van der Waals surface area (Å²) >= 11 is 0. The Bertz CT molecular complexity index is 498. The van der Waals surface area contributed by atoms with Gasteiger partial charge in [-0.15, -0.1) is 0 Å². The monoisotopic (exact) mass is 256 g/mol. The van der Waals surface area contributed by atoms with Crippen LogP contribution in [0.25, 0.3) is 0 Å². The lowest BCUT2D eigenvalue weighted by molar-refractivity contribution is 0.360. The summed E-state index contributed by atoms with van der Waals surface area (Å²) in [7, 11) is -3.37. The van der Waals surface area contributed by atoms with Gasteiger partial charge < -0.3 is 5.32 Å². The van der Waals surface area contributed by atoms with Gasteiger partial charge in [-0.05, 0) is 31.8 Å². The molecule has 17 heavy (non-hydrogen) atoms. The third-order valence-corrected chi connectivity index (χ3v) is 5.88. The highest BCUT2D eigenvalue weighted by Gasteiger charge is 2.46. The van der Waals surface area contributed by atoms with Gasteiger partial charge in [0.15, 0.2) is 0 Å². The first-order valence-electron chi connectivity index (χ1n) is 5.82. The van der Waals surface area contributed by atoms with Gasteiger partial charge in [-0.25, -0.2) is 8.42 Å². The molecule has 2 aliphatic rings. The third-order valence-electron chi connectivity index (χ3n) is 3.96. The summed E-state index contributed by atoms with van der Waals surface area (Å²) in [5, 5.41) is 9.59. The van der Waals surface area contributed by atoms with Crippen LogP contribution in [-0.2, 0) is 10.0 Å². The van der Waals surface area contributed by atoms with Crippen LogP contribution < -0.4 is 5.32 Å². The van der Waals surface area contributed by atoms with Gasteiger partial charge in [0.2, 0.25) is 10.0 Å². The number of nitrogens with one attached hydrogen (secondary N) is 2. The van der Waals surface area contributed by atoms with Crippen LogP contribution in [0.3, 0.4) is 0 Å². The molecule has 0 aromatic carbocycles. The van der Waals surface area contributed by atoms with Crippen molar-refractivity contribution in [1.82, 2.24) is 19.8 Å². The van der Waals surface area contributed by atoms with E-state index < -0.39 is 10.0 Å². The van der Waals surface area contributed by atoms with E-state index in [1.165, 1.54) is 12.4 Å². The van der Waals surface area contributed by atoms with Crippen molar-refractivity contribution in [3.05, 3.63) is 12.4 Å². The van der Waals surface area contributed by atoms with Crippen molar-refractivity contribution in [3.63, 3.8) is 0 Å². The summed E-state index contributed by atoms with van der Waals surface area (Å²) in [5.41, 5.74) is 0. The zero-order chi connectivity index (χ0) is 12.0. The van der Waals surface area contributed by atoms with Crippen LogP contribution in [0.2, 0.25) is 0 Å². The molecule has 1 aromatic rings. The minimum Gasteiger partial charge on any atom is -0.316 e. The van der Waals surface area contributed by atoms with E-state index in [0.29, 0.717) is 18.4 Å². The minimum absolute atomic E-state index is 0.0647. The number of aromatic amines is 1. The molecule has 3 rings (SSSR count). The average Bonchev–Trinajstić information content (AvgIpc) is 2.96. The maximum absolute atomic E-state index is 12.4. The van der Waals surface area contributed by atoms with Crippen LogP contribution in [-0.4, -0.2) is 48.6 Å². The highest BCUT2D eigenvalue weighted by atomic mass is 32.2. The molecule has 1 aromatic heterocycles. The molecule has 7 heteroatoms. The Morgan fingerprint density at radius 3 is 2.94 bits per heavy atom. The van der Waals surface area contributed by atoms with E-state index in [-0.39, 0.29) is 10.9 Å². The molecule has 6 nitrogen and oxygen atoms in total. The molecule has 0 aliphatic carbocycles. The molecule has 94 valence electrons. The Hall–Kier alpha value is -0.920. The highest BCUT2D eigenvalue weighted by molar-refractivity contribution is 7.89. The van der Waals surface area contributed by atoms with Crippen LogP contribution in [0, 0.1) is 11.8 Å². The lowest BCUT2D eigenvalue weighted by Crippen LogP contribution is -2.37. The molecule has 3 heterocycles. The standard InChI is InChI=1S/C10H16N4O2S/c1-7-10-5-11-2-8(10)6-14(7)17(15,16)9-3-12-13-4-9/h3-4,7-8,10-11H,2,5-6H2,1H3,(H,12,13). The molecular weight excluding hydrogens is 240 g/mol. The van der Waals surface area contributed by atoms with E-state index in [0.717, 1.165) is 13.1 Å². The van der Waals surface area contributed by atoms with Gasteiger partial charge in [0.05, 0.1) is 6.20 Å². The Kier molecular flexibility index (Phi) is 2.49. The van der Waals surface area contributed by atoms with E-state index in [9.17, 15) is 8.42 Å². The maximum atomic E-state index is 12.4. The summed E-state index contributed by atoms with van der Waals surface area (Å²) < 4.78 is 26.4. The lowest BCUT2D eigenvalue weighted by Gasteiger charge is -2.22. The summed E-state index contributed by atoms with van der Waals surface area (Å²) in [5.74, 6) is 0.892. The Balaban J connectivity index is 1.91. The number of rotatable bonds is 2. The predicted molar refractivity (Wildman–Crippen MR) is 61.8 cm³/mol. The van der Waals surface area contributed by atoms with Crippen LogP contribution >= 0.6 is 0 Å². The minimum atomic E-state index is -3.37. The number of sulfonamides is 1. The van der Waals surface area contributed by atoms with Gasteiger partial charge in [0, 0.05) is 18.8 Å². The highest BCUT2D eigenvalue weighted by Crippen LogP contribution is 2.35. The fourth-order valence-electron chi connectivity index (χ4n) is 2.96. The van der Waals surface area contributed by atoms with Crippen molar-refractivity contribution in [2.24, 2.45) is 11.8 Å². The van der Waals surface area contributed by atoms with Crippen molar-refractivity contribution in [2.75, 3.05) is 19.6 Å². The Morgan fingerprint density at radius 1 is 1.47 bits per heavy atom. The molecule has 0 amide bonds. The van der Waals surface area contributed by atoms with E-state index in [1.807, 2.05) is 6.92 Å². The molecule has 2 N–H and O–H groups in total. The molecule has 2 aliphatic heterocycles. The topological polar surface area (TPSA) is 78.1 Å². The van der Waals surface area contributed by atoms with Crippen molar-refractivity contribution < 1.29 is 8.42 Å². The molecule has 2 saturated heterocycles. The van der Waals surface area contributed by atoms with Gasteiger partial charge in [-0.3, -0.25) is 5.10 Å². The Morgan fingerprint density at radius 2 is 2.29 bits per heavy atom. The number of hydrogen-bond donors (Lipinski definition) is 2. The molecule has 3 atom stereocenters. The normalized spacial score (nSPS) is 34.1. The van der Waals surface area contributed by atoms with Crippen LogP contribution in [0.4, 0.5) is 0 Å². The summed E-state index contributed by atoms with van der Waals surface area (Å²) in [6.07, 6.45) is 2.81. The summed E-state index contributed by atoms with van der Waals surface area (Å²) in [6, 6.07) is 0.0647. The smallest absolute Gasteiger partial charge is 0.246 e. The van der Waals surface area contributed by atoms with Crippen LogP contribution in [0.5, 0.6) is 0 Å². The van der Waals surface area contributed by atoms with Gasteiger partial charge in [-0.2, -0.15) is 9.40 Å². The van der Waals surface area contributed by atoms with Gasteiger partial charge in [0.25, 0.3) is 0 Å². The summed E-state index contributed by atoms with van der Waals surface area (Å²) in [6.45, 7) is 4.46. The number of H-pyrrole nitrogens is 1. The molecule has 3 unspecified atom stereocenters. The first-order chi connectivity index (χ1) is 8.10. The van der Waals surface area contributed by atoms with Crippen molar-refractivity contribution >= 4 is 10.0 Å². The first kappa shape index (κ1) is 11.2. The van der Waals surface area contributed by atoms with E-state index >= 15 is 0 Å². The van der Waals surface area contributed by atoms with E-state index in [2.05, 4.69) is 15.5 Å². The Labute approximate surface area is 100 Å². The lowest BCUT2D eigenvalue weighted by atomic mass is 9.95. The number of aromatic nitrogens is 2. The van der Waals surface area contributed by atoms with Crippen LogP contribution in [0.1, 0.15) is 6.92 Å². The van der Waals surface area contributed by atoms with Crippen molar-refractivity contribution in [1.29, 1.82) is 0 Å². The summed E-state index contributed by atoms with van der Waals surface area (Å²) in [4.78, 5) is 0.261. The average molecular weight is 256 g/mol. The zero-order valence-electron chi connectivity index (χ0n) is 9.63. The predicted octanol–water partition coefficient (Wildman–Crippen LogP) is -0.362. The van der Waals surface area contributed by atoms with Crippen molar-refractivity contribution in [2.45, 2.75) is 17.9 Å². The van der Waals surface area contributed by atoms with Crippen molar-refractivity contribution in [3.8, 4) is 0 Å². The van der Waals surface area contributed by atoms with Gasteiger partial charge in [-0.1, -0.05) is 0 Å². The number of fused-ring (bicyclic) bond motifs is 1. The molecule has 0 bridgehead atoms. The van der Waals surface area contributed by atoms with Gasteiger partial charge >= 0.3 is 0 Å². The number of nitrogens with zero attached hydrogens (tertiary/aromatic N) is 2. The molecule has 2 fully saturated rings. The molecule has 0 saturated carbocycles. The molecule has 0 spiro atoms. The third kappa shape index (κ3) is 1.61. The zero-order valence-corrected chi connectivity index (χ0v) is 10.4. The maximum Gasteiger partial charge on any atom is 0.246 e. The largest absolute Gasteiger partial charge is 0.316 e. The second-order valence-electron chi connectivity index (χ2n) is 4.83. The second kappa shape index (κ2) is 3.79. The number of hydrogen-bond acceptors (Lipinski definition) is 4. The molecule has 0 radical (unpaired) electrons. The first-order valence-corrected chi connectivity index (χ1v) is 7.26. The quantitative estimate of drug-likeness (QED) is 0.757. The second-order valence-corrected chi connectivity index (χ2v) is 6.72. The fraction of sp³-hybridized carbons (Fsp3) is 0.700. The SMILES string of the molecule is CC1C2CNCC2CN1S(=O)(=O)c1cn[nH]c1. The van der Waals surface area contributed by atoms with Crippen LogP contribution in [0.15, 0.2) is 17.3 Å². The van der Waals surface area contributed by atoms with E-state index in [1.54, 1.807) is 4.31 Å².